The van der Waals surface area contributed by atoms with Gasteiger partial charge in [-0.3, -0.25) is 4.98 Å². The third-order valence-corrected chi connectivity index (χ3v) is 1.91. The third kappa shape index (κ3) is 1.18. The average Bonchev–Trinajstić information content (AvgIpc) is 2.05. The number of benzene rings is 1. The monoisotopic (exact) mass is 156 g/mol. The van der Waals surface area contributed by atoms with Crippen molar-refractivity contribution in [1.29, 1.82) is 0 Å². The van der Waals surface area contributed by atoms with Gasteiger partial charge in [-0.1, -0.05) is 11.6 Å². The number of rotatable bonds is 0. The molecule has 0 N–H and O–H groups in total. The molecule has 1 nitrogen and oxygen atoms in total. The molecular formula is C11H10N. The Morgan fingerprint density at radius 1 is 1.25 bits per heavy atom. The lowest BCUT2D eigenvalue weighted by molar-refractivity contribution is 1.25. The maximum Gasteiger partial charge on any atom is 0.0705 e. The van der Waals surface area contributed by atoms with Crippen molar-refractivity contribution in [3.05, 3.63) is 41.6 Å². The molecule has 0 aliphatic heterocycles. The number of aryl methyl sites for hydroxylation is 2. The number of hydrogen-bond donors (Lipinski definition) is 0. The molecule has 59 valence electrons. The van der Waals surface area contributed by atoms with Gasteiger partial charge in [0.05, 0.1) is 5.52 Å². The smallest absolute Gasteiger partial charge is 0.0705 e. The molecule has 0 fully saturated rings. The Labute approximate surface area is 72.1 Å². The molecule has 1 heteroatoms. The maximum absolute atomic E-state index is 4.36. The van der Waals surface area contributed by atoms with Crippen LogP contribution in [0.1, 0.15) is 11.3 Å². The lowest BCUT2D eigenvalue weighted by Gasteiger charge is -1.98. The second-order valence-corrected chi connectivity index (χ2v) is 3.05. The van der Waals surface area contributed by atoms with E-state index >= 15 is 0 Å². The molecule has 0 bridgehead atoms. The van der Waals surface area contributed by atoms with Gasteiger partial charge in [0.25, 0.3) is 0 Å². The zero-order valence-electron chi connectivity index (χ0n) is 7.26. The number of aromatic nitrogens is 1. The zero-order valence-corrected chi connectivity index (χ0v) is 7.26. The van der Waals surface area contributed by atoms with E-state index in [-0.39, 0.29) is 0 Å². The SMILES string of the molecule is Cc1ccc2nc(C)[c]cc2c1. The minimum Gasteiger partial charge on any atom is -0.252 e. The van der Waals surface area contributed by atoms with E-state index in [2.05, 4.69) is 30.1 Å². The molecule has 2 rings (SSSR count). The largest absolute Gasteiger partial charge is 0.252 e. The van der Waals surface area contributed by atoms with Gasteiger partial charge in [0.2, 0.25) is 0 Å². The predicted octanol–water partition coefficient (Wildman–Crippen LogP) is 2.65. The Bertz CT molecular complexity index is 377. The van der Waals surface area contributed by atoms with E-state index in [9.17, 15) is 0 Å². The second kappa shape index (κ2) is 2.59. The van der Waals surface area contributed by atoms with Crippen LogP contribution in [-0.4, -0.2) is 4.98 Å². The fourth-order valence-electron chi connectivity index (χ4n) is 1.29. The summed E-state index contributed by atoms with van der Waals surface area (Å²) in [6, 6.07) is 11.3. The van der Waals surface area contributed by atoms with Crippen molar-refractivity contribution in [2.75, 3.05) is 0 Å². The van der Waals surface area contributed by atoms with Crippen LogP contribution in [0.2, 0.25) is 0 Å². The number of fused-ring (bicyclic) bond motifs is 1. The van der Waals surface area contributed by atoms with E-state index in [1.165, 1.54) is 10.9 Å². The predicted molar refractivity (Wildman–Crippen MR) is 50.1 cm³/mol. The highest BCUT2D eigenvalue weighted by atomic mass is 14.7. The van der Waals surface area contributed by atoms with Crippen molar-refractivity contribution < 1.29 is 0 Å². The normalized spacial score (nSPS) is 10.5. The third-order valence-electron chi connectivity index (χ3n) is 1.91. The van der Waals surface area contributed by atoms with Crippen LogP contribution >= 0.6 is 0 Å². The lowest BCUT2D eigenvalue weighted by atomic mass is 10.1. The Morgan fingerprint density at radius 3 is 2.92 bits per heavy atom. The van der Waals surface area contributed by atoms with Gasteiger partial charge in [-0.15, -0.1) is 0 Å². The van der Waals surface area contributed by atoms with Gasteiger partial charge < -0.3 is 0 Å². The quantitative estimate of drug-likeness (QED) is 0.571. The van der Waals surface area contributed by atoms with Crippen LogP contribution in [0.4, 0.5) is 0 Å². The van der Waals surface area contributed by atoms with E-state index in [0.29, 0.717) is 0 Å². The van der Waals surface area contributed by atoms with Gasteiger partial charge in [-0.25, -0.2) is 0 Å². The van der Waals surface area contributed by atoms with Gasteiger partial charge in [0.15, 0.2) is 0 Å². The van der Waals surface area contributed by atoms with Crippen molar-refractivity contribution >= 4 is 10.9 Å². The first kappa shape index (κ1) is 7.29. The molecule has 2 aromatic rings. The molecule has 12 heavy (non-hydrogen) atoms. The number of nitrogens with zero attached hydrogens (tertiary/aromatic N) is 1. The van der Waals surface area contributed by atoms with Gasteiger partial charge in [-0.2, -0.15) is 0 Å². The molecule has 0 amide bonds. The number of pyridine rings is 1. The summed E-state index contributed by atoms with van der Waals surface area (Å²) in [5, 5.41) is 1.17. The summed E-state index contributed by atoms with van der Waals surface area (Å²) in [5.74, 6) is 0. The number of hydrogen-bond acceptors (Lipinski definition) is 1. The van der Waals surface area contributed by atoms with Crippen LogP contribution in [0, 0.1) is 19.9 Å². The summed E-state index contributed by atoms with van der Waals surface area (Å²) in [5.41, 5.74) is 3.27. The molecular weight excluding hydrogens is 146 g/mol. The fraction of sp³-hybridized carbons (Fsp3) is 0.182. The molecule has 1 heterocycles. The average molecular weight is 156 g/mol. The second-order valence-electron chi connectivity index (χ2n) is 3.05. The Hall–Kier alpha value is -1.37. The summed E-state index contributed by atoms with van der Waals surface area (Å²) >= 11 is 0. The topological polar surface area (TPSA) is 12.9 Å². The standard InChI is InChI=1S/C11H10N/c1-8-3-6-11-10(7-8)5-4-9(2)12-11/h3,5-7H,1-2H3. The molecule has 0 aliphatic carbocycles. The minimum atomic E-state index is 0.950. The molecule has 1 aromatic carbocycles. The van der Waals surface area contributed by atoms with Crippen LogP contribution < -0.4 is 0 Å². The van der Waals surface area contributed by atoms with Crippen molar-refractivity contribution in [3.8, 4) is 0 Å². The van der Waals surface area contributed by atoms with Crippen molar-refractivity contribution in [1.82, 2.24) is 4.98 Å². The van der Waals surface area contributed by atoms with E-state index in [4.69, 9.17) is 0 Å². The molecule has 1 aromatic heterocycles. The summed E-state index contributed by atoms with van der Waals surface area (Å²) in [6.07, 6.45) is 0. The van der Waals surface area contributed by atoms with Crippen molar-refractivity contribution in [2.45, 2.75) is 13.8 Å². The highest BCUT2D eigenvalue weighted by molar-refractivity contribution is 5.79. The van der Waals surface area contributed by atoms with E-state index in [1.54, 1.807) is 0 Å². The molecule has 1 radical (unpaired) electrons. The molecule has 0 saturated carbocycles. The zero-order chi connectivity index (χ0) is 8.55. The van der Waals surface area contributed by atoms with Crippen molar-refractivity contribution in [2.24, 2.45) is 0 Å². The minimum absolute atomic E-state index is 0.950. The summed E-state index contributed by atoms with van der Waals surface area (Å²) in [7, 11) is 0. The Balaban J connectivity index is 2.79. The summed E-state index contributed by atoms with van der Waals surface area (Å²) in [6.45, 7) is 4.04. The van der Waals surface area contributed by atoms with Crippen LogP contribution in [0.15, 0.2) is 24.3 Å². The lowest BCUT2D eigenvalue weighted by Crippen LogP contribution is -1.83. The van der Waals surface area contributed by atoms with Crippen LogP contribution in [0.5, 0.6) is 0 Å². The molecule has 0 unspecified atom stereocenters. The highest BCUT2D eigenvalue weighted by Gasteiger charge is 1.94. The van der Waals surface area contributed by atoms with Crippen molar-refractivity contribution in [3.63, 3.8) is 0 Å². The summed E-state index contributed by atoms with van der Waals surface area (Å²) < 4.78 is 0. The first-order chi connectivity index (χ1) is 5.75. The molecule has 0 atom stereocenters. The first-order valence-electron chi connectivity index (χ1n) is 4.01. The first-order valence-corrected chi connectivity index (χ1v) is 4.01. The van der Waals surface area contributed by atoms with Gasteiger partial charge in [0, 0.05) is 17.1 Å². The summed E-state index contributed by atoms with van der Waals surface area (Å²) in [4.78, 5) is 4.36. The fourth-order valence-corrected chi connectivity index (χ4v) is 1.29. The van der Waals surface area contributed by atoms with Crippen LogP contribution in [-0.2, 0) is 0 Å². The highest BCUT2D eigenvalue weighted by Crippen LogP contribution is 2.13. The van der Waals surface area contributed by atoms with Crippen LogP contribution in [0.25, 0.3) is 10.9 Å². The molecule has 0 aliphatic rings. The van der Waals surface area contributed by atoms with E-state index in [0.717, 1.165) is 11.2 Å². The van der Waals surface area contributed by atoms with Crippen LogP contribution in [0.3, 0.4) is 0 Å². The molecule has 0 saturated heterocycles. The van der Waals surface area contributed by atoms with Gasteiger partial charge in [-0.05, 0) is 32.0 Å². The Kier molecular flexibility index (Phi) is 1.58. The Morgan fingerprint density at radius 2 is 2.08 bits per heavy atom. The van der Waals surface area contributed by atoms with Gasteiger partial charge in [0.1, 0.15) is 0 Å². The van der Waals surface area contributed by atoms with E-state index in [1.807, 2.05) is 19.1 Å². The van der Waals surface area contributed by atoms with Gasteiger partial charge >= 0.3 is 0 Å². The molecule has 0 spiro atoms. The maximum atomic E-state index is 4.36. The van der Waals surface area contributed by atoms with E-state index < -0.39 is 0 Å².